The summed E-state index contributed by atoms with van der Waals surface area (Å²) in [6.45, 7) is 0. The Balaban J connectivity index is 1.83. The summed E-state index contributed by atoms with van der Waals surface area (Å²) in [6, 6.07) is 10.9. The molecule has 0 radical (unpaired) electrons. The number of hydrogen-bond acceptors (Lipinski definition) is 3. The molecular formula is C14H15NO3. The normalized spacial score (nSPS) is 10.1. The van der Waals surface area contributed by atoms with Gasteiger partial charge in [-0.1, -0.05) is 0 Å². The molecule has 0 aliphatic carbocycles. The molecule has 0 aliphatic heterocycles. The molecule has 1 heterocycles. The van der Waals surface area contributed by atoms with Crippen molar-refractivity contribution in [3.8, 4) is 5.75 Å². The van der Waals surface area contributed by atoms with Crippen molar-refractivity contribution >= 4 is 11.6 Å². The summed E-state index contributed by atoms with van der Waals surface area (Å²) in [5.41, 5.74) is 0.764. The molecule has 18 heavy (non-hydrogen) atoms. The molecule has 0 aliphatic rings. The molecule has 0 bridgehead atoms. The van der Waals surface area contributed by atoms with Crippen LogP contribution in [0.2, 0.25) is 0 Å². The number of carbonyl (C=O) groups excluding carboxylic acids is 1. The summed E-state index contributed by atoms with van der Waals surface area (Å²) < 4.78 is 10.2. The Morgan fingerprint density at radius 1 is 1.28 bits per heavy atom. The maximum Gasteiger partial charge on any atom is 0.224 e. The lowest BCUT2D eigenvalue weighted by Crippen LogP contribution is -2.12. The number of rotatable bonds is 5. The van der Waals surface area contributed by atoms with Crippen LogP contribution in [0.3, 0.4) is 0 Å². The molecule has 0 atom stereocenters. The van der Waals surface area contributed by atoms with E-state index in [0.29, 0.717) is 12.8 Å². The third-order valence-electron chi connectivity index (χ3n) is 2.55. The van der Waals surface area contributed by atoms with Crippen molar-refractivity contribution in [2.75, 3.05) is 12.4 Å². The van der Waals surface area contributed by atoms with Gasteiger partial charge in [-0.3, -0.25) is 4.79 Å². The van der Waals surface area contributed by atoms with E-state index >= 15 is 0 Å². The lowest BCUT2D eigenvalue weighted by Gasteiger charge is -2.05. The van der Waals surface area contributed by atoms with Gasteiger partial charge in [-0.15, -0.1) is 0 Å². The van der Waals surface area contributed by atoms with Crippen molar-refractivity contribution in [3.63, 3.8) is 0 Å². The highest BCUT2D eigenvalue weighted by atomic mass is 16.5. The fourth-order valence-electron chi connectivity index (χ4n) is 1.59. The topological polar surface area (TPSA) is 51.5 Å². The zero-order valence-electron chi connectivity index (χ0n) is 10.2. The smallest absolute Gasteiger partial charge is 0.224 e. The predicted molar refractivity (Wildman–Crippen MR) is 68.7 cm³/mol. The van der Waals surface area contributed by atoms with Crippen LogP contribution >= 0.6 is 0 Å². The SMILES string of the molecule is COc1ccc(NC(=O)CCc2ccco2)cc1. The molecule has 4 nitrogen and oxygen atoms in total. The second kappa shape index (κ2) is 5.91. The molecule has 1 aromatic heterocycles. The second-order valence-electron chi connectivity index (χ2n) is 3.86. The Morgan fingerprint density at radius 2 is 2.06 bits per heavy atom. The molecule has 0 saturated carbocycles. The van der Waals surface area contributed by atoms with E-state index in [-0.39, 0.29) is 5.91 Å². The van der Waals surface area contributed by atoms with Crippen LogP contribution in [0.4, 0.5) is 5.69 Å². The molecule has 0 unspecified atom stereocenters. The standard InChI is InChI=1S/C14H15NO3/c1-17-12-6-4-11(5-7-12)15-14(16)9-8-13-3-2-10-18-13/h2-7,10H,8-9H2,1H3,(H,15,16). The number of anilines is 1. The van der Waals surface area contributed by atoms with Gasteiger partial charge in [0.2, 0.25) is 5.91 Å². The lowest BCUT2D eigenvalue weighted by molar-refractivity contribution is -0.116. The minimum atomic E-state index is -0.0310. The summed E-state index contributed by atoms with van der Waals surface area (Å²) in [4.78, 5) is 11.7. The Bertz CT molecular complexity index is 488. The minimum Gasteiger partial charge on any atom is -0.497 e. The third kappa shape index (κ3) is 3.38. The largest absolute Gasteiger partial charge is 0.497 e. The summed E-state index contributed by atoms with van der Waals surface area (Å²) in [6.07, 6.45) is 2.62. The van der Waals surface area contributed by atoms with Crippen LogP contribution in [0.25, 0.3) is 0 Å². The van der Waals surface area contributed by atoms with Crippen LogP contribution in [-0.2, 0) is 11.2 Å². The minimum absolute atomic E-state index is 0.0310. The van der Waals surface area contributed by atoms with Gasteiger partial charge < -0.3 is 14.5 Å². The van der Waals surface area contributed by atoms with Crippen molar-refractivity contribution < 1.29 is 13.9 Å². The second-order valence-corrected chi connectivity index (χ2v) is 3.86. The Morgan fingerprint density at radius 3 is 2.67 bits per heavy atom. The Labute approximate surface area is 106 Å². The number of hydrogen-bond donors (Lipinski definition) is 1. The zero-order valence-corrected chi connectivity index (χ0v) is 10.2. The number of furan rings is 1. The van der Waals surface area contributed by atoms with Crippen molar-refractivity contribution in [2.24, 2.45) is 0 Å². The van der Waals surface area contributed by atoms with Gasteiger partial charge in [0.05, 0.1) is 13.4 Å². The lowest BCUT2D eigenvalue weighted by atomic mass is 10.2. The maximum atomic E-state index is 11.7. The van der Waals surface area contributed by atoms with E-state index in [1.165, 1.54) is 0 Å². The molecule has 0 saturated heterocycles. The van der Waals surface area contributed by atoms with Gasteiger partial charge in [0.15, 0.2) is 0 Å². The highest BCUT2D eigenvalue weighted by Crippen LogP contribution is 2.15. The van der Waals surface area contributed by atoms with Crippen molar-refractivity contribution in [2.45, 2.75) is 12.8 Å². The predicted octanol–water partition coefficient (Wildman–Crippen LogP) is 2.86. The highest BCUT2D eigenvalue weighted by Gasteiger charge is 2.04. The van der Waals surface area contributed by atoms with E-state index in [4.69, 9.17) is 9.15 Å². The molecule has 4 heteroatoms. The van der Waals surface area contributed by atoms with E-state index in [1.807, 2.05) is 36.4 Å². The van der Waals surface area contributed by atoms with E-state index in [2.05, 4.69) is 5.32 Å². The van der Waals surface area contributed by atoms with Gasteiger partial charge in [0, 0.05) is 18.5 Å². The average molecular weight is 245 g/mol. The first kappa shape index (κ1) is 12.2. The van der Waals surface area contributed by atoms with Crippen LogP contribution in [0.15, 0.2) is 47.1 Å². The first-order valence-corrected chi connectivity index (χ1v) is 5.74. The Kier molecular flexibility index (Phi) is 4.02. The van der Waals surface area contributed by atoms with Crippen LogP contribution in [-0.4, -0.2) is 13.0 Å². The van der Waals surface area contributed by atoms with Crippen molar-refractivity contribution in [1.29, 1.82) is 0 Å². The van der Waals surface area contributed by atoms with Crippen LogP contribution in [0, 0.1) is 0 Å². The quantitative estimate of drug-likeness (QED) is 0.881. The molecule has 1 amide bonds. The van der Waals surface area contributed by atoms with Gasteiger partial charge in [-0.2, -0.15) is 0 Å². The number of carbonyl (C=O) groups is 1. The molecule has 2 aromatic rings. The van der Waals surface area contributed by atoms with Crippen LogP contribution in [0.1, 0.15) is 12.2 Å². The van der Waals surface area contributed by atoms with E-state index in [1.54, 1.807) is 13.4 Å². The van der Waals surface area contributed by atoms with E-state index in [0.717, 1.165) is 17.2 Å². The maximum absolute atomic E-state index is 11.7. The number of aryl methyl sites for hydroxylation is 1. The van der Waals surface area contributed by atoms with Crippen molar-refractivity contribution in [3.05, 3.63) is 48.4 Å². The van der Waals surface area contributed by atoms with Crippen LogP contribution < -0.4 is 10.1 Å². The summed E-state index contributed by atoms with van der Waals surface area (Å²) >= 11 is 0. The molecule has 0 spiro atoms. The van der Waals surface area contributed by atoms with E-state index < -0.39 is 0 Å². The van der Waals surface area contributed by atoms with Gasteiger partial charge in [-0.05, 0) is 36.4 Å². The molecule has 1 aromatic carbocycles. The van der Waals surface area contributed by atoms with Crippen LogP contribution in [0.5, 0.6) is 5.75 Å². The van der Waals surface area contributed by atoms with Gasteiger partial charge in [0.25, 0.3) is 0 Å². The Hall–Kier alpha value is -2.23. The average Bonchev–Trinajstić information content (AvgIpc) is 2.90. The number of benzene rings is 1. The third-order valence-corrected chi connectivity index (χ3v) is 2.55. The van der Waals surface area contributed by atoms with E-state index in [9.17, 15) is 4.79 Å². The van der Waals surface area contributed by atoms with Gasteiger partial charge >= 0.3 is 0 Å². The number of amides is 1. The fraction of sp³-hybridized carbons (Fsp3) is 0.214. The molecular weight excluding hydrogens is 230 g/mol. The molecule has 94 valence electrons. The molecule has 1 N–H and O–H groups in total. The molecule has 2 rings (SSSR count). The first-order chi connectivity index (χ1) is 8.78. The summed E-state index contributed by atoms with van der Waals surface area (Å²) in [5, 5.41) is 2.82. The first-order valence-electron chi connectivity index (χ1n) is 5.74. The number of methoxy groups -OCH3 is 1. The van der Waals surface area contributed by atoms with Crippen molar-refractivity contribution in [1.82, 2.24) is 0 Å². The number of nitrogens with one attached hydrogen (secondary N) is 1. The van der Waals surface area contributed by atoms with Gasteiger partial charge in [-0.25, -0.2) is 0 Å². The highest BCUT2D eigenvalue weighted by molar-refractivity contribution is 5.90. The van der Waals surface area contributed by atoms with Gasteiger partial charge in [0.1, 0.15) is 11.5 Å². The fourth-order valence-corrected chi connectivity index (χ4v) is 1.59. The number of ether oxygens (including phenoxy) is 1. The summed E-state index contributed by atoms with van der Waals surface area (Å²) in [7, 11) is 1.61. The molecule has 0 fully saturated rings. The summed E-state index contributed by atoms with van der Waals surface area (Å²) in [5.74, 6) is 1.56. The monoisotopic (exact) mass is 245 g/mol. The zero-order chi connectivity index (χ0) is 12.8.